The van der Waals surface area contributed by atoms with Gasteiger partial charge in [0, 0.05) is 23.6 Å². The van der Waals surface area contributed by atoms with E-state index in [4.69, 9.17) is 5.73 Å². The van der Waals surface area contributed by atoms with E-state index in [1.54, 1.807) is 37.4 Å². The zero-order chi connectivity index (χ0) is 19.4. The number of primary amides is 1. The van der Waals surface area contributed by atoms with Gasteiger partial charge in [0.15, 0.2) is 5.78 Å². The molecule has 0 saturated heterocycles. The van der Waals surface area contributed by atoms with E-state index >= 15 is 0 Å². The van der Waals surface area contributed by atoms with Gasteiger partial charge in [-0.2, -0.15) is 0 Å². The highest BCUT2D eigenvalue weighted by molar-refractivity contribution is 6.07. The molecule has 2 aromatic rings. The number of nitrogens with two attached hydrogens (primary N) is 1. The summed E-state index contributed by atoms with van der Waals surface area (Å²) >= 11 is 0. The summed E-state index contributed by atoms with van der Waals surface area (Å²) < 4.78 is 1.32. The van der Waals surface area contributed by atoms with Gasteiger partial charge >= 0.3 is 0 Å². The number of hydrogen-bond donors (Lipinski definition) is 1. The number of carbonyl (C=O) groups excluding carboxylic acids is 2. The maximum absolute atomic E-state index is 12.8. The van der Waals surface area contributed by atoms with E-state index in [2.05, 4.69) is 0 Å². The first-order chi connectivity index (χ1) is 13.0. The molecule has 0 unspecified atom stereocenters. The molecule has 27 heavy (non-hydrogen) atoms. The van der Waals surface area contributed by atoms with Gasteiger partial charge in [0.25, 0.3) is 5.56 Å². The first-order valence-electron chi connectivity index (χ1n) is 9.95. The molecule has 1 aliphatic rings. The zero-order valence-electron chi connectivity index (χ0n) is 15.9. The highest BCUT2D eigenvalue weighted by Gasteiger charge is 2.18. The lowest BCUT2D eigenvalue weighted by molar-refractivity contribution is -0.120. The summed E-state index contributed by atoms with van der Waals surface area (Å²) in [5, 5.41) is 1.10. The van der Waals surface area contributed by atoms with Crippen molar-refractivity contribution in [3.05, 3.63) is 46.4 Å². The number of aromatic nitrogens is 1. The van der Waals surface area contributed by atoms with E-state index in [9.17, 15) is 14.4 Å². The molecule has 1 aliphatic carbocycles. The Kier molecular flexibility index (Phi) is 6.09. The maximum atomic E-state index is 12.8. The molecule has 2 N–H and O–H groups in total. The third-order valence-electron chi connectivity index (χ3n) is 5.86. The van der Waals surface area contributed by atoms with Gasteiger partial charge in [-0.25, -0.2) is 0 Å². The molecule has 1 aromatic heterocycles. The summed E-state index contributed by atoms with van der Waals surface area (Å²) in [4.78, 5) is 37.0. The van der Waals surface area contributed by atoms with Crippen molar-refractivity contribution in [3.8, 4) is 0 Å². The number of benzene rings is 1. The van der Waals surface area contributed by atoms with Crippen LogP contribution in [0, 0.1) is 5.92 Å². The Morgan fingerprint density at radius 3 is 2.48 bits per heavy atom. The van der Waals surface area contributed by atoms with Gasteiger partial charge in [0.1, 0.15) is 6.04 Å². The minimum absolute atomic E-state index is 0.0879. The van der Waals surface area contributed by atoms with Crippen LogP contribution in [-0.2, 0) is 4.79 Å². The maximum Gasteiger partial charge on any atom is 0.259 e. The average Bonchev–Trinajstić information content (AvgIpc) is 2.94. The number of hydrogen-bond acceptors (Lipinski definition) is 3. The van der Waals surface area contributed by atoms with Gasteiger partial charge in [-0.15, -0.1) is 0 Å². The van der Waals surface area contributed by atoms with Crippen LogP contribution in [0.3, 0.4) is 0 Å². The second-order valence-electron chi connectivity index (χ2n) is 7.69. The Morgan fingerprint density at radius 1 is 1.11 bits per heavy atom. The van der Waals surface area contributed by atoms with Crippen molar-refractivity contribution in [1.29, 1.82) is 0 Å². The lowest BCUT2D eigenvalue weighted by Gasteiger charge is -2.15. The molecule has 1 aromatic carbocycles. The molecule has 5 heteroatoms. The number of carbonyl (C=O) groups is 2. The number of fused-ring (bicyclic) bond motifs is 1. The zero-order valence-corrected chi connectivity index (χ0v) is 15.9. The lowest BCUT2D eigenvalue weighted by Crippen LogP contribution is -2.31. The fourth-order valence-corrected chi connectivity index (χ4v) is 4.10. The van der Waals surface area contributed by atoms with Gasteiger partial charge in [0.05, 0.1) is 0 Å². The molecule has 1 heterocycles. The van der Waals surface area contributed by atoms with Crippen LogP contribution in [0.4, 0.5) is 0 Å². The van der Waals surface area contributed by atoms with Gasteiger partial charge in [0.2, 0.25) is 5.91 Å². The molecule has 0 aliphatic heterocycles. The lowest BCUT2D eigenvalue weighted by atomic mass is 9.91. The quantitative estimate of drug-likeness (QED) is 0.618. The monoisotopic (exact) mass is 368 g/mol. The second-order valence-corrected chi connectivity index (χ2v) is 7.69. The van der Waals surface area contributed by atoms with Crippen molar-refractivity contribution in [3.63, 3.8) is 0 Å². The Balaban J connectivity index is 1.84. The molecule has 144 valence electrons. The highest BCUT2D eigenvalue weighted by Crippen LogP contribution is 2.27. The van der Waals surface area contributed by atoms with E-state index in [1.807, 2.05) is 0 Å². The van der Waals surface area contributed by atoms with Crippen molar-refractivity contribution >= 4 is 22.5 Å². The summed E-state index contributed by atoms with van der Waals surface area (Å²) in [5.41, 5.74) is 5.63. The van der Waals surface area contributed by atoms with Crippen LogP contribution in [0.15, 0.2) is 35.3 Å². The van der Waals surface area contributed by atoms with Gasteiger partial charge < -0.3 is 10.3 Å². The fraction of sp³-hybridized carbons (Fsp3) is 0.500. The third-order valence-corrected chi connectivity index (χ3v) is 5.86. The minimum Gasteiger partial charge on any atom is -0.368 e. The molecule has 1 fully saturated rings. The molecule has 5 nitrogen and oxygen atoms in total. The van der Waals surface area contributed by atoms with Crippen LogP contribution in [0.25, 0.3) is 10.8 Å². The van der Waals surface area contributed by atoms with Gasteiger partial charge in [-0.3, -0.25) is 14.4 Å². The standard InChI is InChI=1S/C22H28N2O3/c1-15(21(23)26)24-14-13-17-18(9-6-10-19(17)22(24)27)20(25)12-11-16-7-4-2-3-5-8-16/h6,9-10,13-16H,2-5,7-8,11-12H2,1H3,(H2,23,26)/t15-/m1/s1. The van der Waals surface area contributed by atoms with Crippen LogP contribution in [0.2, 0.25) is 0 Å². The fourth-order valence-electron chi connectivity index (χ4n) is 4.10. The van der Waals surface area contributed by atoms with E-state index in [0.29, 0.717) is 28.7 Å². The molecule has 0 spiro atoms. The minimum atomic E-state index is -0.725. The molecule has 1 amide bonds. The number of ketones is 1. The molecule has 0 radical (unpaired) electrons. The van der Waals surface area contributed by atoms with Crippen molar-refractivity contribution < 1.29 is 9.59 Å². The summed E-state index contributed by atoms with van der Waals surface area (Å²) in [7, 11) is 0. The van der Waals surface area contributed by atoms with Crippen LogP contribution < -0.4 is 11.3 Å². The molecule has 3 rings (SSSR count). The largest absolute Gasteiger partial charge is 0.368 e. The first kappa shape index (κ1) is 19.3. The van der Waals surface area contributed by atoms with Crippen LogP contribution in [0.5, 0.6) is 0 Å². The molecule has 1 atom stereocenters. The van der Waals surface area contributed by atoms with Gasteiger partial charge in [-0.1, -0.05) is 50.7 Å². The normalized spacial score (nSPS) is 16.8. The highest BCUT2D eigenvalue weighted by atomic mass is 16.2. The third kappa shape index (κ3) is 4.29. The number of Topliss-reactive ketones (excluding diaryl/α,β-unsaturated/α-hetero) is 1. The van der Waals surface area contributed by atoms with Crippen LogP contribution >= 0.6 is 0 Å². The predicted molar refractivity (Wildman–Crippen MR) is 107 cm³/mol. The number of nitrogens with zero attached hydrogens (tertiary/aromatic N) is 1. The van der Waals surface area contributed by atoms with Crippen LogP contribution in [-0.4, -0.2) is 16.3 Å². The topological polar surface area (TPSA) is 82.2 Å². The Hall–Kier alpha value is -2.43. The Bertz CT molecular complexity index is 892. The predicted octanol–water partition coefficient (Wildman–Crippen LogP) is 3.98. The van der Waals surface area contributed by atoms with E-state index in [-0.39, 0.29) is 11.3 Å². The first-order valence-corrected chi connectivity index (χ1v) is 9.95. The van der Waals surface area contributed by atoms with Crippen molar-refractivity contribution in [2.24, 2.45) is 11.7 Å². The van der Waals surface area contributed by atoms with Crippen LogP contribution in [0.1, 0.15) is 74.7 Å². The summed E-state index contributed by atoms with van der Waals surface area (Å²) in [6.07, 6.45) is 10.6. The number of rotatable bonds is 6. The molecule has 1 saturated carbocycles. The van der Waals surface area contributed by atoms with E-state index < -0.39 is 11.9 Å². The SMILES string of the molecule is C[C@H](C(N)=O)n1ccc2c(C(=O)CCC3CCCCCC3)cccc2c1=O. The van der Waals surface area contributed by atoms with Crippen molar-refractivity contribution in [2.45, 2.75) is 64.3 Å². The average molecular weight is 368 g/mol. The Morgan fingerprint density at radius 2 is 1.81 bits per heavy atom. The summed E-state index contributed by atoms with van der Waals surface area (Å²) in [6.45, 7) is 1.59. The van der Waals surface area contributed by atoms with E-state index in [0.717, 1.165) is 6.42 Å². The Labute approximate surface area is 159 Å². The van der Waals surface area contributed by atoms with E-state index in [1.165, 1.54) is 43.1 Å². The van der Waals surface area contributed by atoms with Gasteiger partial charge in [-0.05, 0) is 36.8 Å². The van der Waals surface area contributed by atoms with Crippen molar-refractivity contribution in [1.82, 2.24) is 4.57 Å². The second kappa shape index (κ2) is 8.51. The number of pyridine rings is 1. The molecular weight excluding hydrogens is 340 g/mol. The summed E-state index contributed by atoms with van der Waals surface area (Å²) in [6, 6.07) is 6.25. The molecular formula is C22H28N2O3. The van der Waals surface area contributed by atoms with Crippen molar-refractivity contribution in [2.75, 3.05) is 0 Å². The summed E-state index contributed by atoms with van der Waals surface area (Å²) in [5.74, 6) is 0.164. The smallest absolute Gasteiger partial charge is 0.259 e. The molecule has 0 bridgehead atoms. The number of amides is 1.